The summed E-state index contributed by atoms with van der Waals surface area (Å²) in [7, 11) is 2.14. The van der Waals surface area contributed by atoms with Gasteiger partial charge in [-0.2, -0.15) is 5.26 Å². The molecule has 1 aromatic heterocycles. The number of nitrogens with zero attached hydrogens (tertiary/aromatic N) is 2. The minimum atomic E-state index is 0.0370. The van der Waals surface area contributed by atoms with Crippen molar-refractivity contribution < 1.29 is 4.74 Å². The third kappa shape index (κ3) is 5.77. The molecule has 0 bridgehead atoms. The Morgan fingerprint density at radius 1 is 1.04 bits per heavy atom. The molecule has 1 atom stereocenters. The highest BCUT2D eigenvalue weighted by atomic mass is 32.1. The lowest BCUT2D eigenvalue weighted by molar-refractivity contribution is 0.0301. The Morgan fingerprint density at radius 3 is 2.56 bits per heavy atom. The molecule has 0 saturated carbocycles. The van der Waals surface area contributed by atoms with Crippen molar-refractivity contribution in [2.45, 2.75) is 25.7 Å². The van der Waals surface area contributed by atoms with Crippen molar-refractivity contribution in [3.63, 3.8) is 0 Å². The molecule has 2 aromatic carbocycles. The zero-order chi connectivity index (χ0) is 18.9. The van der Waals surface area contributed by atoms with Gasteiger partial charge in [-0.1, -0.05) is 54.6 Å². The second kappa shape index (κ2) is 10.0. The first-order valence-electron chi connectivity index (χ1n) is 9.11. The molecule has 0 aliphatic carbocycles. The second-order valence-corrected chi connectivity index (χ2v) is 7.58. The van der Waals surface area contributed by atoms with E-state index in [1.54, 1.807) is 11.3 Å². The van der Waals surface area contributed by atoms with Gasteiger partial charge in [0.2, 0.25) is 0 Å². The van der Waals surface area contributed by atoms with Gasteiger partial charge in [0.15, 0.2) is 0 Å². The van der Waals surface area contributed by atoms with E-state index in [4.69, 9.17) is 4.74 Å². The largest absolute Gasteiger partial charge is 0.368 e. The average molecular weight is 377 g/mol. The van der Waals surface area contributed by atoms with Crippen LogP contribution >= 0.6 is 11.3 Å². The molecule has 0 radical (unpaired) electrons. The Labute approximate surface area is 165 Å². The molecule has 138 valence electrons. The van der Waals surface area contributed by atoms with Crippen LogP contribution in [0.4, 0.5) is 0 Å². The summed E-state index contributed by atoms with van der Waals surface area (Å²) in [6, 6.07) is 24.6. The van der Waals surface area contributed by atoms with Crippen molar-refractivity contribution in [1.29, 1.82) is 5.26 Å². The maximum atomic E-state index is 9.27. The van der Waals surface area contributed by atoms with Crippen LogP contribution in [-0.4, -0.2) is 18.5 Å². The lowest BCUT2D eigenvalue weighted by atomic mass is 10.1. The number of hydrogen-bond acceptors (Lipinski definition) is 4. The zero-order valence-corrected chi connectivity index (χ0v) is 16.4. The molecule has 0 aliphatic heterocycles. The van der Waals surface area contributed by atoms with Crippen LogP contribution in [0.15, 0.2) is 72.1 Å². The molecule has 0 aliphatic rings. The normalized spacial score (nSPS) is 12.0. The van der Waals surface area contributed by atoms with Crippen molar-refractivity contribution in [2.24, 2.45) is 0 Å². The topological polar surface area (TPSA) is 36.3 Å². The lowest BCUT2D eigenvalue weighted by Crippen LogP contribution is -2.21. The van der Waals surface area contributed by atoms with Crippen LogP contribution in [0.1, 0.15) is 34.1 Å². The van der Waals surface area contributed by atoms with Gasteiger partial charge < -0.3 is 9.64 Å². The maximum absolute atomic E-state index is 9.27. The fourth-order valence-corrected chi connectivity index (χ4v) is 3.85. The van der Waals surface area contributed by atoms with Gasteiger partial charge in [-0.3, -0.25) is 0 Å². The van der Waals surface area contributed by atoms with Gasteiger partial charge in [0.05, 0.1) is 24.3 Å². The summed E-state index contributed by atoms with van der Waals surface area (Å²) in [5, 5.41) is 11.4. The van der Waals surface area contributed by atoms with E-state index in [9.17, 15) is 5.26 Å². The van der Waals surface area contributed by atoms with Crippen molar-refractivity contribution in [1.82, 2.24) is 4.90 Å². The highest BCUT2D eigenvalue weighted by molar-refractivity contribution is 7.10. The fourth-order valence-electron chi connectivity index (χ4n) is 3.04. The van der Waals surface area contributed by atoms with Crippen LogP contribution in [0.5, 0.6) is 0 Å². The number of ether oxygens (including phenoxy) is 1. The second-order valence-electron chi connectivity index (χ2n) is 6.60. The predicted molar refractivity (Wildman–Crippen MR) is 110 cm³/mol. The molecule has 0 N–H and O–H groups in total. The summed E-state index contributed by atoms with van der Waals surface area (Å²) >= 11 is 1.72. The van der Waals surface area contributed by atoms with Crippen LogP contribution < -0.4 is 0 Å². The standard InChI is InChI=1S/C23H24N2OS/c1-25(17-19-8-3-2-4-9-19)14-13-22(23-12-7-15-27-23)26-18-21-11-6-5-10-20(21)16-24/h2-12,15,22H,13-14,17-18H2,1H3. The molecule has 3 nitrogen and oxygen atoms in total. The van der Waals surface area contributed by atoms with Crippen molar-refractivity contribution in [3.8, 4) is 6.07 Å². The van der Waals surface area contributed by atoms with Gasteiger partial charge in [0, 0.05) is 18.0 Å². The summed E-state index contributed by atoms with van der Waals surface area (Å²) in [5.74, 6) is 0. The molecule has 0 saturated heterocycles. The molecule has 0 fully saturated rings. The maximum Gasteiger partial charge on any atom is 0.0995 e. The summed E-state index contributed by atoms with van der Waals surface area (Å²) in [5.41, 5.74) is 2.94. The first kappa shape index (κ1) is 19.3. The van der Waals surface area contributed by atoms with E-state index in [1.165, 1.54) is 10.4 Å². The zero-order valence-electron chi connectivity index (χ0n) is 15.5. The van der Waals surface area contributed by atoms with Gasteiger partial charge in [-0.15, -0.1) is 11.3 Å². The Morgan fingerprint density at radius 2 is 1.81 bits per heavy atom. The van der Waals surface area contributed by atoms with Crippen LogP contribution in [-0.2, 0) is 17.9 Å². The third-order valence-electron chi connectivity index (χ3n) is 4.51. The highest BCUT2D eigenvalue weighted by Gasteiger charge is 2.15. The summed E-state index contributed by atoms with van der Waals surface area (Å²) < 4.78 is 6.25. The minimum Gasteiger partial charge on any atom is -0.368 e. The van der Waals surface area contributed by atoms with E-state index in [0.717, 1.165) is 25.1 Å². The quantitative estimate of drug-likeness (QED) is 0.502. The molecule has 1 unspecified atom stereocenters. The molecule has 3 rings (SSSR count). The van der Waals surface area contributed by atoms with Gasteiger partial charge in [-0.25, -0.2) is 0 Å². The van der Waals surface area contributed by atoms with Crippen molar-refractivity contribution in [3.05, 3.63) is 93.7 Å². The average Bonchev–Trinajstić information content (AvgIpc) is 3.23. The van der Waals surface area contributed by atoms with Crippen LogP contribution in [0.25, 0.3) is 0 Å². The predicted octanol–water partition coefficient (Wildman–Crippen LogP) is 5.40. The Bertz CT molecular complexity index is 856. The smallest absolute Gasteiger partial charge is 0.0995 e. The van der Waals surface area contributed by atoms with Crippen LogP contribution in [0, 0.1) is 11.3 Å². The molecule has 4 heteroatoms. The van der Waals surface area contributed by atoms with E-state index in [1.807, 2.05) is 30.3 Å². The fraction of sp³-hybridized carbons (Fsp3) is 0.261. The van der Waals surface area contributed by atoms with E-state index in [0.29, 0.717) is 12.2 Å². The molecule has 3 aromatic rings. The van der Waals surface area contributed by atoms with E-state index < -0.39 is 0 Å². The van der Waals surface area contributed by atoms with Crippen LogP contribution in [0.2, 0.25) is 0 Å². The molecular formula is C23H24N2OS. The van der Waals surface area contributed by atoms with Gasteiger partial charge in [0.1, 0.15) is 0 Å². The number of hydrogen-bond donors (Lipinski definition) is 0. The Kier molecular flexibility index (Phi) is 7.18. The van der Waals surface area contributed by atoms with E-state index >= 15 is 0 Å². The van der Waals surface area contributed by atoms with E-state index in [-0.39, 0.29) is 6.10 Å². The first-order valence-corrected chi connectivity index (χ1v) is 9.99. The third-order valence-corrected chi connectivity index (χ3v) is 5.47. The molecule has 0 amide bonds. The lowest BCUT2D eigenvalue weighted by Gasteiger charge is -2.22. The van der Waals surface area contributed by atoms with E-state index in [2.05, 4.69) is 59.8 Å². The minimum absolute atomic E-state index is 0.0370. The van der Waals surface area contributed by atoms with Gasteiger partial charge >= 0.3 is 0 Å². The summed E-state index contributed by atoms with van der Waals surface area (Å²) in [6.07, 6.45) is 0.952. The molecule has 27 heavy (non-hydrogen) atoms. The number of nitriles is 1. The van der Waals surface area contributed by atoms with Crippen LogP contribution in [0.3, 0.4) is 0 Å². The molecule has 0 spiro atoms. The number of rotatable bonds is 9. The number of thiophene rings is 1. The summed E-state index contributed by atoms with van der Waals surface area (Å²) in [4.78, 5) is 3.56. The Hall–Kier alpha value is -2.45. The molecular weight excluding hydrogens is 352 g/mol. The Balaban J connectivity index is 1.60. The van der Waals surface area contributed by atoms with Gasteiger partial charge in [-0.05, 0) is 42.1 Å². The monoisotopic (exact) mass is 376 g/mol. The first-order chi connectivity index (χ1) is 13.3. The van der Waals surface area contributed by atoms with Crippen molar-refractivity contribution in [2.75, 3.05) is 13.6 Å². The van der Waals surface area contributed by atoms with Gasteiger partial charge in [0.25, 0.3) is 0 Å². The molecule has 1 heterocycles. The SMILES string of the molecule is CN(CCC(OCc1ccccc1C#N)c1cccs1)Cc1ccccc1. The highest BCUT2D eigenvalue weighted by Crippen LogP contribution is 2.27. The van der Waals surface area contributed by atoms with Crippen molar-refractivity contribution >= 4 is 11.3 Å². The summed E-state index contributed by atoms with van der Waals surface area (Å²) in [6.45, 7) is 2.32. The number of benzene rings is 2.